The van der Waals surface area contributed by atoms with Gasteiger partial charge in [-0.2, -0.15) is 0 Å². The first-order chi connectivity index (χ1) is 9.56. The van der Waals surface area contributed by atoms with Crippen LogP contribution in [0.1, 0.15) is 16.1 Å². The molecule has 0 aliphatic carbocycles. The first-order valence-electron chi connectivity index (χ1n) is 6.27. The predicted octanol–water partition coefficient (Wildman–Crippen LogP) is 3.35. The molecule has 0 unspecified atom stereocenters. The van der Waals surface area contributed by atoms with Crippen molar-refractivity contribution in [3.8, 4) is 0 Å². The third kappa shape index (κ3) is 2.97. The van der Waals surface area contributed by atoms with Gasteiger partial charge < -0.3 is 15.4 Å². The number of benzene rings is 1. The average molecular weight is 357 g/mol. The molecule has 0 saturated carbocycles. The van der Waals surface area contributed by atoms with Crippen molar-refractivity contribution in [3.63, 3.8) is 0 Å². The number of carbonyl (C=O) groups excluding carboxylic acids is 1. The van der Waals surface area contributed by atoms with E-state index in [0.717, 1.165) is 21.0 Å². The Kier molecular flexibility index (Phi) is 5.01. The molecule has 0 atom stereocenters. The first kappa shape index (κ1) is 15.3. The summed E-state index contributed by atoms with van der Waals surface area (Å²) in [7, 11) is 3.44. The Morgan fingerprint density at radius 2 is 2.25 bits per heavy atom. The van der Waals surface area contributed by atoms with Gasteiger partial charge in [0.2, 0.25) is 0 Å². The van der Waals surface area contributed by atoms with E-state index in [-0.39, 0.29) is 5.91 Å². The highest BCUT2D eigenvalue weighted by molar-refractivity contribution is 9.10. The van der Waals surface area contributed by atoms with Crippen LogP contribution in [0.15, 0.2) is 22.7 Å². The lowest BCUT2D eigenvalue weighted by Crippen LogP contribution is -2.28. The lowest BCUT2D eigenvalue weighted by Gasteiger charge is -2.16. The highest BCUT2D eigenvalue weighted by Gasteiger charge is 2.20. The summed E-state index contributed by atoms with van der Waals surface area (Å²) in [5.41, 5.74) is 6.70. The monoisotopic (exact) mass is 356 g/mol. The van der Waals surface area contributed by atoms with Crippen LogP contribution in [0.3, 0.4) is 0 Å². The fourth-order valence-electron chi connectivity index (χ4n) is 2.01. The van der Waals surface area contributed by atoms with Crippen LogP contribution in [-0.2, 0) is 4.74 Å². The Bertz CT molecular complexity index is 627. The summed E-state index contributed by atoms with van der Waals surface area (Å²) in [5.74, 6) is -0.0355. The highest BCUT2D eigenvalue weighted by atomic mass is 79.9. The van der Waals surface area contributed by atoms with Crippen LogP contribution in [0.25, 0.3) is 10.1 Å². The van der Waals surface area contributed by atoms with Crippen molar-refractivity contribution in [1.29, 1.82) is 0 Å². The number of fused-ring (bicyclic) bond motifs is 1. The minimum atomic E-state index is -0.0355. The molecule has 1 heterocycles. The standard InChI is InChI=1S/C14H17BrN2O2S/c1-17(7-4-8-19-2)14(18)13-12(16)11-9(15)5-3-6-10(11)20-13/h3,5-6H,4,7-8,16H2,1-2H3. The minimum Gasteiger partial charge on any atom is -0.397 e. The number of hydrogen-bond donors (Lipinski definition) is 1. The maximum atomic E-state index is 12.4. The predicted molar refractivity (Wildman–Crippen MR) is 87.4 cm³/mol. The molecule has 2 N–H and O–H groups in total. The molecule has 2 rings (SSSR count). The van der Waals surface area contributed by atoms with Crippen molar-refractivity contribution < 1.29 is 9.53 Å². The molecule has 0 aliphatic rings. The van der Waals surface area contributed by atoms with E-state index in [1.807, 2.05) is 18.2 Å². The molecular formula is C14H17BrN2O2S. The summed E-state index contributed by atoms with van der Waals surface area (Å²) in [6.07, 6.45) is 0.813. The summed E-state index contributed by atoms with van der Waals surface area (Å²) in [5, 5.41) is 0.922. The van der Waals surface area contributed by atoms with E-state index in [0.29, 0.717) is 23.7 Å². The van der Waals surface area contributed by atoms with Gasteiger partial charge >= 0.3 is 0 Å². The quantitative estimate of drug-likeness (QED) is 0.835. The van der Waals surface area contributed by atoms with Gasteiger partial charge in [-0.25, -0.2) is 0 Å². The van der Waals surface area contributed by atoms with E-state index in [2.05, 4.69) is 15.9 Å². The second-order valence-electron chi connectivity index (χ2n) is 4.53. The van der Waals surface area contributed by atoms with Crippen molar-refractivity contribution in [2.45, 2.75) is 6.42 Å². The van der Waals surface area contributed by atoms with Gasteiger partial charge in [-0.15, -0.1) is 11.3 Å². The van der Waals surface area contributed by atoms with Gasteiger partial charge in [0.25, 0.3) is 5.91 Å². The number of hydrogen-bond acceptors (Lipinski definition) is 4. The third-order valence-corrected chi connectivity index (χ3v) is 4.90. The number of methoxy groups -OCH3 is 1. The molecule has 2 aromatic rings. The van der Waals surface area contributed by atoms with Crippen LogP contribution in [-0.4, -0.2) is 38.1 Å². The summed E-state index contributed by atoms with van der Waals surface area (Å²) in [6, 6.07) is 5.85. The lowest BCUT2D eigenvalue weighted by molar-refractivity contribution is 0.0785. The molecule has 0 spiro atoms. The zero-order valence-corrected chi connectivity index (χ0v) is 13.9. The third-order valence-electron chi connectivity index (χ3n) is 3.08. The van der Waals surface area contributed by atoms with Gasteiger partial charge in [0.1, 0.15) is 4.88 Å². The molecule has 4 nitrogen and oxygen atoms in total. The van der Waals surface area contributed by atoms with Crippen molar-refractivity contribution in [2.75, 3.05) is 33.0 Å². The summed E-state index contributed by atoms with van der Waals surface area (Å²) in [6.45, 7) is 1.30. The number of ether oxygens (including phenoxy) is 1. The van der Waals surface area contributed by atoms with Gasteiger partial charge in [0.15, 0.2) is 0 Å². The number of nitrogen functional groups attached to an aromatic ring is 1. The van der Waals surface area contributed by atoms with Gasteiger partial charge in [-0.3, -0.25) is 4.79 Å². The second-order valence-corrected chi connectivity index (χ2v) is 6.44. The molecule has 0 aliphatic heterocycles. The Hall–Kier alpha value is -1.11. The molecule has 0 saturated heterocycles. The molecule has 1 aromatic carbocycles. The number of carbonyl (C=O) groups is 1. The zero-order chi connectivity index (χ0) is 14.7. The van der Waals surface area contributed by atoms with Crippen LogP contribution in [0.4, 0.5) is 5.69 Å². The average Bonchev–Trinajstić information content (AvgIpc) is 2.76. The Morgan fingerprint density at radius 1 is 1.50 bits per heavy atom. The smallest absolute Gasteiger partial charge is 0.265 e. The number of amides is 1. The maximum absolute atomic E-state index is 12.4. The Labute approximate surface area is 130 Å². The maximum Gasteiger partial charge on any atom is 0.265 e. The zero-order valence-electron chi connectivity index (χ0n) is 11.5. The number of rotatable bonds is 5. The molecule has 20 heavy (non-hydrogen) atoms. The summed E-state index contributed by atoms with van der Waals surface area (Å²) in [4.78, 5) is 14.7. The van der Waals surface area contributed by atoms with Crippen molar-refractivity contribution in [2.24, 2.45) is 0 Å². The molecule has 1 amide bonds. The number of nitrogens with two attached hydrogens (primary N) is 1. The van der Waals surface area contributed by atoms with E-state index in [9.17, 15) is 4.79 Å². The fourth-order valence-corrected chi connectivity index (χ4v) is 3.86. The van der Waals surface area contributed by atoms with E-state index < -0.39 is 0 Å². The van der Waals surface area contributed by atoms with Gasteiger partial charge in [-0.1, -0.05) is 22.0 Å². The first-order valence-corrected chi connectivity index (χ1v) is 7.88. The van der Waals surface area contributed by atoms with Crippen LogP contribution in [0.5, 0.6) is 0 Å². The highest BCUT2D eigenvalue weighted by Crippen LogP contribution is 2.38. The number of nitrogens with zero attached hydrogens (tertiary/aromatic N) is 1. The van der Waals surface area contributed by atoms with E-state index in [4.69, 9.17) is 10.5 Å². The molecule has 0 bridgehead atoms. The van der Waals surface area contributed by atoms with Crippen LogP contribution >= 0.6 is 27.3 Å². The Morgan fingerprint density at radius 3 is 2.90 bits per heavy atom. The molecule has 0 radical (unpaired) electrons. The lowest BCUT2D eigenvalue weighted by atomic mass is 10.2. The largest absolute Gasteiger partial charge is 0.397 e. The second kappa shape index (κ2) is 6.56. The van der Waals surface area contributed by atoms with E-state index in [1.165, 1.54) is 11.3 Å². The number of thiophene rings is 1. The molecule has 0 fully saturated rings. The normalized spacial score (nSPS) is 10.9. The van der Waals surface area contributed by atoms with Crippen LogP contribution in [0, 0.1) is 0 Å². The van der Waals surface area contributed by atoms with E-state index >= 15 is 0 Å². The molecule has 6 heteroatoms. The van der Waals surface area contributed by atoms with Crippen molar-refractivity contribution in [1.82, 2.24) is 4.90 Å². The van der Waals surface area contributed by atoms with Gasteiger partial charge in [0, 0.05) is 41.9 Å². The SMILES string of the molecule is COCCCN(C)C(=O)c1sc2cccc(Br)c2c1N. The molecular weight excluding hydrogens is 340 g/mol. The minimum absolute atomic E-state index is 0.0355. The summed E-state index contributed by atoms with van der Waals surface area (Å²) < 4.78 is 6.94. The number of halogens is 1. The van der Waals surface area contributed by atoms with Crippen LogP contribution in [0.2, 0.25) is 0 Å². The van der Waals surface area contributed by atoms with E-state index in [1.54, 1.807) is 19.1 Å². The Balaban J connectivity index is 2.26. The summed E-state index contributed by atoms with van der Waals surface area (Å²) >= 11 is 4.92. The van der Waals surface area contributed by atoms with Crippen LogP contribution < -0.4 is 5.73 Å². The van der Waals surface area contributed by atoms with Crippen molar-refractivity contribution in [3.05, 3.63) is 27.5 Å². The molecule has 108 valence electrons. The number of anilines is 1. The van der Waals surface area contributed by atoms with Crippen molar-refractivity contribution >= 4 is 48.9 Å². The topological polar surface area (TPSA) is 55.6 Å². The van der Waals surface area contributed by atoms with Gasteiger partial charge in [0.05, 0.1) is 5.69 Å². The fraction of sp³-hybridized carbons (Fsp3) is 0.357. The van der Waals surface area contributed by atoms with Gasteiger partial charge in [-0.05, 0) is 18.6 Å². The molecule has 1 aromatic heterocycles.